The standard InChI is InChI=1S/C6H9N3/c1-2-3-6-8-4-7-5-9-6/h4-5H,2-3H2,1H3. The molecule has 0 amide bonds. The molecular weight excluding hydrogens is 114 g/mol. The van der Waals surface area contributed by atoms with E-state index in [1.807, 2.05) is 0 Å². The third kappa shape index (κ3) is 1.76. The van der Waals surface area contributed by atoms with Gasteiger partial charge in [0.1, 0.15) is 18.5 Å². The van der Waals surface area contributed by atoms with E-state index in [4.69, 9.17) is 0 Å². The van der Waals surface area contributed by atoms with Crippen LogP contribution in [0.3, 0.4) is 0 Å². The van der Waals surface area contributed by atoms with E-state index in [1.54, 1.807) is 0 Å². The average molecular weight is 123 g/mol. The first-order valence-electron chi connectivity index (χ1n) is 3.04. The van der Waals surface area contributed by atoms with Crippen molar-refractivity contribution in [1.29, 1.82) is 0 Å². The van der Waals surface area contributed by atoms with E-state index < -0.39 is 0 Å². The number of aromatic nitrogens is 3. The summed E-state index contributed by atoms with van der Waals surface area (Å²) in [7, 11) is 0. The smallest absolute Gasteiger partial charge is 0.131 e. The normalized spacial score (nSPS) is 9.44. The lowest BCUT2D eigenvalue weighted by Crippen LogP contribution is -1.92. The first kappa shape index (κ1) is 6.13. The molecule has 0 aliphatic rings. The molecule has 1 rings (SSSR count). The Bertz CT molecular complexity index is 161. The minimum absolute atomic E-state index is 0.882. The predicted molar refractivity (Wildman–Crippen MR) is 33.8 cm³/mol. The van der Waals surface area contributed by atoms with Crippen LogP contribution in [0.25, 0.3) is 0 Å². The minimum atomic E-state index is 0.882. The molecule has 0 fully saturated rings. The molecule has 48 valence electrons. The highest BCUT2D eigenvalue weighted by Gasteiger charge is 1.88. The maximum atomic E-state index is 3.95. The van der Waals surface area contributed by atoms with E-state index >= 15 is 0 Å². The van der Waals surface area contributed by atoms with Crippen LogP contribution in [0.4, 0.5) is 0 Å². The molecule has 0 aromatic carbocycles. The number of nitrogens with zero attached hydrogens (tertiary/aromatic N) is 3. The predicted octanol–water partition coefficient (Wildman–Crippen LogP) is 0.824. The Hall–Kier alpha value is -0.990. The van der Waals surface area contributed by atoms with Gasteiger partial charge in [-0.2, -0.15) is 0 Å². The summed E-state index contributed by atoms with van der Waals surface area (Å²) in [5.41, 5.74) is 0. The van der Waals surface area contributed by atoms with Crippen molar-refractivity contribution in [3.63, 3.8) is 0 Å². The van der Waals surface area contributed by atoms with Crippen LogP contribution in [0.1, 0.15) is 19.2 Å². The van der Waals surface area contributed by atoms with Gasteiger partial charge in [-0.1, -0.05) is 6.92 Å². The maximum Gasteiger partial charge on any atom is 0.131 e. The highest BCUT2D eigenvalue weighted by Crippen LogP contribution is 1.89. The van der Waals surface area contributed by atoms with Crippen molar-refractivity contribution < 1.29 is 0 Å². The number of aryl methyl sites for hydroxylation is 1. The third-order valence-corrected chi connectivity index (χ3v) is 1.02. The molecule has 0 atom stereocenters. The van der Waals surface area contributed by atoms with Crippen LogP contribution in [0.15, 0.2) is 12.7 Å². The van der Waals surface area contributed by atoms with Crippen LogP contribution in [-0.4, -0.2) is 15.0 Å². The van der Waals surface area contributed by atoms with Crippen LogP contribution in [0, 0.1) is 0 Å². The highest BCUT2D eigenvalue weighted by molar-refractivity contribution is 4.79. The quantitative estimate of drug-likeness (QED) is 0.584. The fraction of sp³-hybridized carbons (Fsp3) is 0.500. The monoisotopic (exact) mass is 123 g/mol. The molecule has 9 heavy (non-hydrogen) atoms. The molecule has 1 aromatic heterocycles. The number of rotatable bonds is 2. The summed E-state index contributed by atoms with van der Waals surface area (Å²) in [6.07, 6.45) is 5.09. The van der Waals surface area contributed by atoms with Gasteiger partial charge in [0.2, 0.25) is 0 Å². The minimum Gasteiger partial charge on any atom is -0.225 e. The average Bonchev–Trinajstić information content (AvgIpc) is 1.91. The van der Waals surface area contributed by atoms with Crippen LogP contribution < -0.4 is 0 Å². The summed E-state index contributed by atoms with van der Waals surface area (Å²) < 4.78 is 0. The number of hydrogen-bond acceptors (Lipinski definition) is 3. The van der Waals surface area contributed by atoms with E-state index in [2.05, 4.69) is 21.9 Å². The fourth-order valence-corrected chi connectivity index (χ4v) is 0.616. The maximum absolute atomic E-state index is 3.95. The topological polar surface area (TPSA) is 38.7 Å². The van der Waals surface area contributed by atoms with E-state index in [1.165, 1.54) is 12.7 Å². The SMILES string of the molecule is CCCc1ncncn1. The van der Waals surface area contributed by atoms with Crippen LogP contribution >= 0.6 is 0 Å². The van der Waals surface area contributed by atoms with Gasteiger partial charge >= 0.3 is 0 Å². The third-order valence-electron chi connectivity index (χ3n) is 1.02. The first-order valence-corrected chi connectivity index (χ1v) is 3.04. The molecule has 0 aliphatic carbocycles. The summed E-state index contributed by atoms with van der Waals surface area (Å²) in [6.45, 7) is 2.10. The molecule has 1 aromatic rings. The lowest BCUT2D eigenvalue weighted by molar-refractivity contribution is 0.815. The van der Waals surface area contributed by atoms with Gasteiger partial charge in [0.15, 0.2) is 0 Å². The molecule has 0 spiro atoms. The molecule has 0 saturated carbocycles. The van der Waals surface area contributed by atoms with E-state index in [-0.39, 0.29) is 0 Å². The lowest BCUT2D eigenvalue weighted by Gasteiger charge is -1.90. The largest absolute Gasteiger partial charge is 0.225 e. The Morgan fingerprint density at radius 3 is 2.56 bits per heavy atom. The van der Waals surface area contributed by atoms with E-state index in [9.17, 15) is 0 Å². The fourth-order valence-electron chi connectivity index (χ4n) is 0.616. The zero-order valence-corrected chi connectivity index (χ0v) is 5.41. The van der Waals surface area contributed by atoms with E-state index in [0.717, 1.165) is 18.7 Å². The zero-order chi connectivity index (χ0) is 6.53. The van der Waals surface area contributed by atoms with Gasteiger partial charge in [-0.25, -0.2) is 15.0 Å². The zero-order valence-electron chi connectivity index (χ0n) is 5.41. The molecule has 3 heteroatoms. The van der Waals surface area contributed by atoms with Crippen molar-refractivity contribution in [3.8, 4) is 0 Å². The van der Waals surface area contributed by atoms with Gasteiger partial charge in [-0.05, 0) is 6.42 Å². The van der Waals surface area contributed by atoms with Gasteiger partial charge in [0.25, 0.3) is 0 Å². The Balaban J connectivity index is 2.61. The van der Waals surface area contributed by atoms with Crippen LogP contribution in [-0.2, 0) is 6.42 Å². The molecule has 3 nitrogen and oxygen atoms in total. The van der Waals surface area contributed by atoms with Gasteiger partial charge in [-0.3, -0.25) is 0 Å². The summed E-state index contributed by atoms with van der Waals surface area (Å²) in [4.78, 5) is 11.6. The Morgan fingerprint density at radius 2 is 2.00 bits per heavy atom. The molecule has 0 N–H and O–H groups in total. The highest BCUT2D eigenvalue weighted by atomic mass is 15.0. The second-order valence-corrected chi connectivity index (χ2v) is 1.80. The van der Waals surface area contributed by atoms with Gasteiger partial charge in [-0.15, -0.1) is 0 Å². The molecule has 0 bridgehead atoms. The van der Waals surface area contributed by atoms with Crippen LogP contribution in [0.5, 0.6) is 0 Å². The van der Waals surface area contributed by atoms with Crippen molar-refractivity contribution in [1.82, 2.24) is 15.0 Å². The first-order chi connectivity index (χ1) is 4.43. The Labute approximate surface area is 54.2 Å². The molecule has 0 aliphatic heterocycles. The molecule has 1 heterocycles. The van der Waals surface area contributed by atoms with Crippen LogP contribution in [0.2, 0.25) is 0 Å². The Kier molecular flexibility index (Phi) is 2.13. The van der Waals surface area contributed by atoms with E-state index in [0.29, 0.717) is 0 Å². The van der Waals surface area contributed by atoms with Gasteiger partial charge < -0.3 is 0 Å². The summed E-state index contributed by atoms with van der Waals surface area (Å²) in [5.74, 6) is 0.882. The Morgan fingerprint density at radius 1 is 1.33 bits per heavy atom. The van der Waals surface area contributed by atoms with Crippen molar-refractivity contribution >= 4 is 0 Å². The second-order valence-electron chi connectivity index (χ2n) is 1.80. The summed E-state index contributed by atoms with van der Waals surface area (Å²) in [5, 5.41) is 0. The summed E-state index contributed by atoms with van der Waals surface area (Å²) >= 11 is 0. The molecule has 0 saturated heterocycles. The summed E-state index contributed by atoms with van der Waals surface area (Å²) in [6, 6.07) is 0. The molecule has 0 unspecified atom stereocenters. The second kappa shape index (κ2) is 3.12. The van der Waals surface area contributed by atoms with Crippen molar-refractivity contribution in [2.75, 3.05) is 0 Å². The molecule has 0 radical (unpaired) electrons. The number of hydrogen-bond donors (Lipinski definition) is 0. The van der Waals surface area contributed by atoms with Crippen molar-refractivity contribution in [3.05, 3.63) is 18.5 Å². The van der Waals surface area contributed by atoms with Crippen molar-refractivity contribution in [2.45, 2.75) is 19.8 Å². The molecular formula is C6H9N3. The lowest BCUT2D eigenvalue weighted by atomic mass is 10.3. The van der Waals surface area contributed by atoms with Gasteiger partial charge in [0, 0.05) is 6.42 Å². The van der Waals surface area contributed by atoms with Crippen molar-refractivity contribution in [2.24, 2.45) is 0 Å². The van der Waals surface area contributed by atoms with Gasteiger partial charge in [0.05, 0.1) is 0 Å².